The summed E-state index contributed by atoms with van der Waals surface area (Å²) in [6.07, 6.45) is 3.84. The first-order valence-corrected chi connectivity index (χ1v) is 5.86. The zero-order valence-electron chi connectivity index (χ0n) is 9.57. The number of benzene rings is 1. The van der Waals surface area contributed by atoms with Gasteiger partial charge in [0.2, 0.25) is 0 Å². The van der Waals surface area contributed by atoms with Crippen LogP contribution in [0.1, 0.15) is 22.4 Å². The molecule has 0 saturated carbocycles. The van der Waals surface area contributed by atoms with Gasteiger partial charge in [-0.25, -0.2) is 4.98 Å². The van der Waals surface area contributed by atoms with Crippen LogP contribution < -0.4 is 0 Å². The summed E-state index contributed by atoms with van der Waals surface area (Å²) < 4.78 is 2.08. The summed E-state index contributed by atoms with van der Waals surface area (Å²) in [4.78, 5) is 4.22. The first-order valence-electron chi connectivity index (χ1n) is 5.32. The highest BCUT2D eigenvalue weighted by Gasteiger charge is 2.03. The van der Waals surface area contributed by atoms with Crippen molar-refractivity contribution in [3.8, 4) is 0 Å². The molecule has 16 heavy (non-hydrogen) atoms. The Morgan fingerprint density at radius 1 is 1.25 bits per heavy atom. The molecular weight excluding hydrogens is 220 g/mol. The highest BCUT2D eigenvalue weighted by molar-refractivity contribution is 6.16. The number of aromatic nitrogens is 2. The van der Waals surface area contributed by atoms with Gasteiger partial charge in [-0.05, 0) is 30.5 Å². The third-order valence-corrected chi connectivity index (χ3v) is 3.08. The molecule has 0 N–H and O–H groups in total. The molecule has 1 aromatic carbocycles. The van der Waals surface area contributed by atoms with Crippen LogP contribution in [0.4, 0.5) is 0 Å². The molecule has 2 rings (SSSR count). The SMILES string of the molecule is Cc1cccc(C)c1Cn1cnc(CCl)c1. The molecule has 0 amide bonds. The first-order chi connectivity index (χ1) is 7.70. The summed E-state index contributed by atoms with van der Waals surface area (Å²) in [5, 5.41) is 0. The predicted octanol–water partition coefficient (Wildman–Crippen LogP) is 3.29. The summed E-state index contributed by atoms with van der Waals surface area (Å²) in [5.41, 5.74) is 4.93. The Labute approximate surface area is 101 Å². The van der Waals surface area contributed by atoms with Gasteiger partial charge in [-0.1, -0.05) is 18.2 Å². The number of halogens is 1. The number of nitrogens with zero attached hydrogens (tertiary/aromatic N) is 2. The number of rotatable bonds is 3. The molecular formula is C13H15ClN2. The lowest BCUT2D eigenvalue weighted by molar-refractivity contribution is 0.786. The quantitative estimate of drug-likeness (QED) is 0.746. The zero-order chi connectivity index (χ0) is 11.5. The standard InChI is InChI=1S/C13H15ClN2/c1-10-4-3-5-11(2)13(10)8-16-7-12(6-14)15-9-16/h3-5,7,9H,6,8H2,1-2H3. The average molecular weight is 235 g/mol. The molecule has 0 saturated heterocycles. The van der Waals surface area contributed by atoms with Crippen LogP contribution in [-0.2, 0) is 12.4 Å². The predicted molar refractivity (Wildman–Crippen MR) is 66.8 cm³/mol. The van der Waals surface area contributed by atoms with Crippen molar-refractivity contribution < 1.29 is 0 Å². The largest absolute Gasteiger partial charge is 0.333 e. The molecule has 3 heteroatoms. The van der Waals surface area contributed by atoms with E-state index in [9.17, 15) is 0 Å². The fourth-order valence-electron chi connectivity index (χ4n) is 1.84. The Morgan fingerprint density at radius 3 is 2.50 bits per heavy atom. The molecule has 0 fully saturated rings. The van der Waals surface area contributed by atoms with Crippen molar-refractivity contribution in [2.45, 2.75) is 26.3 Å². The molecule has 0 aliphatic carbocycles. The van der Waals surface area contributed by atoms with E-state index in [0.29, 0.717) is 5.88 Å². The molecule has 0 unspecified atom stereocenters. The minimum absolute atomic E-state index is 0.472. The second-order valence-electron chi connectivity index (χ2n) is 4.04. The van der Waals surface area contributed by atoms with E-state index in [4.69, 9.17) is 11.6 Å². The van der Waals surface area contributed by atoms with E-state index in [0.717, 1.165) is 12.2 Å². The van der Waals surface area contributed by atoms with Crippen molar-refractivity contribution >= 4 is 11.6 Å². The molecule has 0 aliphatic heterocycles. The maximum absolute atomic E-state index is 5.73. The Bertz CT molecular complexity index is 468. The van der Waals surface area contributed by atoms with Crippen LogP contribution in [0.15, 0.2) is 30.7 Å². The van der Waals surface area contributed by atoms with Gasteiger partial charge in [-0.2, -0.15) is 0 Å². The third kappa shape index (κ3) is 2.27. The van der Waals surface area contributed by atoms with Crippen LogP contribution in [0, 0.1) is 13.8 Å². The van der Waals surface area contributed by atoms with E-state index in [2.05, 4.69) is 41.6 Å². The van der Waals surface area contributed by atoms with E-state index in [1.54, 1.807) is 0 Å². The van der Waals surface area contributed by atoms with Crippen molar-refractivity contribution in [3.63, 3.8) is 0 Å². The zero-order valence-corrected chi connectivity index (χ0v) is 10.3. The highest BCUT2D eigenvalue weighted by Crippen LogP contribution is 2.15. The molecule has 84 valence electrons. The minimum Gasteiger partial charge on any atom is -0.333 e. The lowest BCUT2D eigenvalue weighted by atomic mass is 10.0. The molecule has 0 radical (unpaired) electrons. The van der Waals surface area contributed by atoms with E-state index >= 15 is 0 Å². The van der Waals surface area contributed by atoms with Crippen LogP contribution in [0.2, 0.25) is 0 Å². The fourth-order valence-corrected chi connectivity index (χ4v) is 1.98. The molecule has 1 aromatic heterocycles. The smallest absolute Gasteiger partial charge is 0.0953 e. The Balaban J connectivity index is 2.26. The lowest BCUT2D eigenvalue weighted by Gasteiger charge is -2.09. The number of hydrogen-bond donors (Lipinski definition) is 0. The number of hydrogen-bond acceptors (Lipinski definition) is 1. The van der Waals surface area contributed by atoms with Gasteiger partial charge in [-0.3, -0.25) is 0 Å². The lowest BCUT2D eigenvalue weighted by Crippen LogP contribution is -2.01. The second-order valence-corrected chi connectivity index (χ2v) is 4.31. The van der Waals surface area contributed by atoms with Gasteiger partial charge in [0.15, 0.2) is 0 Å². The van der Waals surface area contributed by atoms with Gasteiger partial charge in [0.05, 0.1) is 17.9 Å². The van der Waals surface area contributed by atoms with Gasteiger partial charge in [-0.15, -0.1) is 11.6 Å². The molecule has 2 nitrogen and oxygen atoms in total. The van der Waals surface area contributed by atoms with Crippen LogP contribution in [0.5, 0.6) is 0 Å². The van der Waals surface area contributed by atoms with Gasteiger partial charge >= 0.3 is 0 Å². The Kier molecular flexibility index (Phi) is 3.30. The molecule has 0 bridgehead atoms. The van der Waals surface area contributed by atoms with Crippen LogP contribution >= 0.6 is 11.6 Å². The molecule has 1 heterocycles. The van der Waals surface area contributed by atoms with Crippen molar-refractivity contribution in [2.75, 3.05) is 0 Å². The maximum Gasteiger partial charge on any atom is 0.0953 e. The van der Waals surface area contributed by atoms with Gasteiger partial charge in [0.1, 0.15) is 0 Å². The summed E-state index contributed by atoms with van der Waals surface area (Å²) in [7, 11) is 0. The van der Waals surface area contributed by atoms with Crippen LogP contribution in [0.25, 0.3) is 0 Å². The van der Waals surface area contributed by atoms with Crippen LogP contribution in [-0.4, -0.2) is 9.55 Å². The normalized spacial score (nSPS) is 10.7. The summed E-state index contributed by atoms with van der Waals surface area (Å²) in [6, 6.07) is 6.37. The summed E-state index contributed by atoms with van der Waals surface area (Å²) >= 11 is 5.73. The van der Waals surface area contributed by atoms with Crippen molar-refractivity contribution in [1.82, 2.24) is 9.55 Å². The van der Waals surface area contributed by atoms with Crippen molar-refractivity contribution in [2.24, 2.45) is 0 Å². The van der Waals surface area contributed by atoms with Crippen LogP contribution in [0.3, 0.4) is 0 Å². The highest BCUT2D eigenvalue weighted by atomic mass is 35.5. The van der Waals surface area contributed by atoms with E-state index in [1.165, 1.54) is 16.7 Å². The molecule has 0 spiro atoms. The van der Waals surface area contributed by atoms with Crippen molar-refractivity contribution in [3.05, 3.63) is 53.1 Å². The van der Waals surface area contributed by atoms with Crippen molar-refractivity contribution in [1.29, 1.82) is 0 Å². The van der Waals surface area contributed by atoms with E-state index in [1.807, 2.05) is 12.5 Å². The second kappa shape index (κ2) is 4.71. The molecule has 0 atom stereocenters. The van der Waals surface area contributed by atoms with Gasteiger partial charge < -0.3 is 4.57 Å². The van der Waals surface area contributed by atoms with Gasteiger partial charge in [0, 0.05) is 12.7 Å². The summed E-state index contributed by atoms with van der Waals surface area (Å²) in [6.45, 7) is 5.14. The topological polar surface area (TPSA) is 17.8 Å². The number of aryl methyl sites for hydroxylation is 2. The summed E-state index contributed by atoms with van der Waals surface area (Å²) in [5.74, 6) is 0.472. The Hall–Kier alpha value is -1.28. The molecule has 2 aromatic rings. The fraction of sp³-hybridized carbons (Fsp3) is 0.308. The van der Waals surface area contributed by atoms with Gasteiger partial charge in [0.25, 0.3) is 0 Å². The van der Waals surface area contributed by atoms with E-state index < -0.39 is 0 Å². The molecule has 0 aliphatic rings. The minimum atomic E-state index is 0.472. The number of alkyl halides is 1. The monoisotopic (exact) mass is 234 g/mol. The maximum atomic E-state index is 5.73. The van der Waals surface area contributed by atoms with E-state index in [-0.39, 0.29) is 0 Å². The third-order valence-electron chi connectivity index (χ3n) is 2.81. The Morgan fingerprint density at radius 2 is 1.94 bits per heavy atom. The number of imidazole rings is 1. The first kappa shape index (κ1) is 11.2. The average Bonchev–Trinajstić information content (AvgIpc) is 2.71.